The van der Waals surface area contributed by atoms with Crippen LogP contribution in [0.5, 0.6) is 5.75 Å². The van der Waals surface area contributed by atoms with Gasteiger partial charge in [-0.05, 0) is 44.9 Å². The number of rotatable bonds is 5. The molecule has 0 aliphatic rings. The molecule has 108 valence electrons. The Morgan fingerprint density at radius 3 is 2.60 bits per heavy atom. The minimum Gasteiger partial charge on any atom is -0.492 e. The summed E-state index contributed by atoms with van der Waals surface area (Å²) in [6, 6.07) is 1.78. The first-order chi connectivity index (χ1) is 9.58. The topological polar surface area (TPSA) is 73.3 Å². The largest absolute Gasteiger partial charge is 0.492 e. The summed E-state index contributed by atoms with van der Waals surface area (Å²) in [6.07, 6.45) is 3.48. The number of nitrogens with zero attached hydrogens (tertiary/aromatic N) is 1. The van der Waals surface area contributed by atoms with Crippen LogP contribution in [0.3, 0.4) is 0 Å². The van der Waals surface area contributed by atoms with E-state index in [9.17, 15) is 0 Å². The second-order valence-corrected chi connectivity index (χ2v) is 4.74. The fourth-order valence-corrected chi connectivity index (χ4v) is 2.42. The van der Waals surface area contributed by atoms with Gasteiger partial charge in [0.2, 0.25) is 0 Å². The van der Waals surface area contributed by atoms with Gasteiger partial charge in [-0.15, -0.1) is 0 Å². The predicted octanol–water partition coefficient (Wildman–Crippen LogP) is 2.55. The summed E-state index contributed by atoms with van der Waals surface area (Å²) in [4.78, 5) is 4.21. The molecule has 1 atom stereocenters. The zero-order valence-corrected chi connectivity index (χ0v) is 12.4. The number of pyridine rings is 1. The monoisotopic (exact) mass is 275 g/mol. The first-order valence-corrected chi connectivity index (χ1v) is 6.68. The van der Waals surface area contributed by atoms with E-state index in [-0.39, 0.29) is 6.04 Å². The molecule has 20 heavy (non-hydrogen) atoms. The van der Waals surface area contributed by atoms with E-state index in [2.05, 4.69) is 10.4 Å². The van der Waals surface area contributed by atoms with Crippen LogP contribution in [-0.4, -0.2) is 11.6 Å². The molecular formula is C15H21N3O2. The molecule has 0 bridgehead atoms. The van der Waals surface area contributed by atoms with Gasteiger partial charge < -0.3 is 9.15 Å². The number of aryl methyl sites for hydroxylation is 2. The molecular weight excluding hydrogens is 254 g/mol. The van der Waals surface area contributed by atoms with Crippen LogP contribution in [0.4, 0.5) is 0 Å². The van der Waals surface area contributed by atoms with Gasteiger partial charge >= 0.3 is 0 Å². The highest BCUT2D eigenvalue weighted by Gasteiger charge is 2.22. The molecule has 0 aliphatic heterocycles. The van der Waals surface area contributed by atoms with Crippen LogP contribution in [0.15, 0.2) is 22.9 Å². The molecule has 5 heteroatoms. The third kappa shape index (κ3) is 2.69. The van der Waals surface area contributed by atoms with Gasteiger partial charge in [0, 0.05) is 11.8 Å². The van der Waals surface area contributed by atoms with E-state index in [1.165, 1.54) is 0 Å². The summed E-state index contributed by atoms with van der Waals surface area (Å²) in [7, 11) is 0. The minimum atomic E-state index is -0.166. The normalized spacial score (nSPS) is 12.4. The molecule has 0 amide bonds. The Bertz CT molecular complexity index is 593. The Morgan fingerprint density at radius 2 is 2.05 bits per heavy atom. The molecule has 3 N–H and O–H groups in total. The molecule has 0 saturated carbocycles. The van der Waals surface area contributed by atoms with Gasteiger partial charge in [-0.25, -0.2) is 5.43 Å². The molecule has 0 fully saturated rings. The lowest BCUT2D eigenvalue weighted by Crippen LogP contribution is -2.29. The highest BCUT2D eigenvalue weighted by molar-refractivity contribution is 5.41. The summed E-state index contributed by atoms with van der Waals surface area (Å²) in [6.45, 7) is 8.48. The average molecular weight is 275 g/mol. The number of aromatic nitrogens is 1. The van der Waals surface area contributed by atoms with Crippen molar-refractivity contribution >= 4 is 0 Å². The second-order valence-electron chi connectivity index (χ2n) is 4.74. The van der Waals surface area contributed by atoms with E-state index in [0.29, 0.717) is 6.61 Å². The Labute approximate surface area is 119 Å². The van der Waals surface area contributed by atoms with Crippen LogP contribution in [0.1, 0.15) is 41.2 Å². The van der Waals surface area contributed by atoms with E-state index in [4.69, 9.17) is 15.0 Å². The molecule has 0 aromatic carbocycles. The number of nitrogens with two attached hydrogens (primary N) is 1. The molecule has 0 aliphatic carbocycles. The molecule has 2 rings (SSSR count). The SMILES string of the molecule is CCOc1cncc(C(NN)c2c(C)oc(C)c2C)c1. The van der Waals surface area contributed by atoms with Crippen LogP contribution < -0.4 is 16.0 Å². The molecule has 2 aromatic rings. The quantitative estimate of drug-likeness (QED) is 0.648. The number of hydrogen-bond acceptors (Lipinski definition) is 5. The zero-order valence-electron chi connectivity index (χ0n) is 12.4. The predicted molar refractivity (Wildman–Crippen MR) is 77.5 cm³/mol. The summed E-state index contributed by atoms with van der Waals surface area (Å²) >= 11 is 0. The van der Waals surface area contributed by atoms with Gasteiger partial charge in [0.1, 0.15) is 17.3 Å². The third-order valence-electron chi connectivity index (χ3n) is 3.45. The number of nitrogens with one attached hydrogen (secondary N) is 1. The Hall–Kier alpha value is -1.85. The lowest BCUT2D eigenvalue weighted by Gasteiger charge is -2.17. The van der Waals surface area contributed by atoms with Gasteiger partial charge in [0.05, 0.1) is 18.8 Å². The molecule has 0 spiro atoms. The summed E-state index contributed by atoms with van der Waals surface area (Å²) in [5.74, 6) is 8.26. The number of furan rings is 1. The van der Waals surface area contributed by atoms with Crippen molar-refractivity contribution in [1.82, 2.24) is 10.4 Å². The van der Waals surface area contributed by atoms with E-state index in [1.54, 1.807) is 12.4 Å². The number of hydrogen-bond donors (Lipinski definition) is 2. The number of ether oxygens (including phenoxy) is 1. The Balaban J connectivity index is 2.44. The highest BCUT2D eigenvalue weighted by Crippen LogP contribution is 2.31. The maximum atomic E-state index is 5.75. The van der Waals surface area contributed by atoms with Crippen LogP contribution in [0.2, 0.25) is 0 Å². The maximum Gasteiger partial charge on any atom is 0.137 e. The van der Waals surface area contributed by atoms with E-state index < -0.39 is 0 Å². The fourth-order valence-electron chi connectivity index (χ4n) is 2.42. The van der Waals surface area contributed by atoms with Gasteiger partial charge in [-0.3, -0.25) is 10.8 Å². The minimum absolute atomic E-state index is 0.166. The van der Waals surface area contributed by atoms with Crippen molar-refractivity contribution in [2.75, 3.05) is 6.61 Å². The van der Waals surface area contributed by atoms with Crippen LogP contribution in [0.25, 0.3) is 0 Å². The first kappa shape index (κ1) is 14.6. The molecule has 0 saturated heterocycles. The van der Waals surface area contributed by atoms with Crippen molar-refractivity contribution in [3.8, 4) is 5.75 Å². The second kappa shape index (κ2) is 6.07. The molecule has 2 heterocycles. The van der Waals surface area contributed by atoms with E-state index in [1.807, 2.05) is 33.8 Å². The summed E-state index contributed by atoms with van der Waals surface area (Å²) < 4.78 is 11.2. The van der Waals surface area contributed by atoms with Gasteiger partial charge in [0.15, 0.2) is 0 Å². The number of hydrazine groups is 1. The fraction of sp³-hybridized carbons (Fsp3) is 0.400. The van der Waals surface area contributed by atoms with Crippen molar-refractivity contribution in [3.63, 3.8) is 0 Å². The third-order valence-corrected chi connectivity index (χ3v) is 3.45. The average Bonchev–Trinajstić information content (AvgIpc) is 2.67. The van der Waals surface area contributed by atoms with Crippen LogP contribution >= 0.6 is 0 Å². The van der Waals surface area contributed by atoms with E-state index in [0.717, 1.165) is 34.0 Å². The van der Waals surface area contributed by atoms with Crippen molar-refractivity contribution in [2.45, 2.75) is 33.7 Å². The summed E-state index contributed by atoms with van der Waals surface area (Å²) in [5.41, 5.74) is 5.95. The molecule has 5 nitrogen and oxygen atoms in total. The van der Waals surface area contributed by atoms with Crippen molar-refractivity contribution in [1.29, 1.82) is 0 Å². The van der Waals surface area contributed by atoms with Crippen LogP contribution in [0, 0.1) is 20.8 Å². The smallest absolute Gasteiger partial charge is 0.137 e. The molecule has 0 radical (unpaired) electrons. The Morgan fingerprint density at radius 1 is 1.30 bits per heavy atom. The van der Waals surface area contributed by atoms with E-state index >= 15 is 0 Å². The van der Waals surface area contributed by atoms with Gasteiger partial charge in [-0.1, -0.05) is 0 Å². The van der Waals surface area contributed by atoms with Crippen LogP contribution in [-0.2, 0) is 0 Å². The van der Waals surface area contributed by atoms with Gasteiger partial charge in [0.25, 0.3) is 0 Å². The molecule has 1 unspecified atom stereocenters. The standard InChI is InChI=1S/C15H21N3O2/c1-5-19-13-6-12(7-17-8-13)15(18-16)14-9(2)10(3)20-11(14)4/h6-8,15,18H,5,16H2,1-4H3. The molecule has 2 aromatic heterocycles. The highest BCUT2D eigenvalue weighted by atomic mass is 16.5. The van der Waals surface area contributed by atoms with Gasteiger partial charge in [-0.2, -0.15) is 0 Å². The lowest BCUT2D eigenvalue weighted by atomic mass is 9.97. The van der Waals surface area contributed by atoms with Crippen molar-refractivity contribution in [3.05, 3.63) is 46.7 Å². The Kier molecular flexibility index (Phi) is 4.42. The summed E-state index contributed by atoms with van der Waals surface area (Å²) in [5, 5.41) is 0. The zero-order chi connectivity index (χ0) is 14.7. The van der Waals surface area contributed by atoms with Crippen molar-refractivity contribution in [2.24, 2.45) is 5.84 Å². The van der Waals surface area contributed by atoms with Crippen molar-refractivity contribution < 1.29 is 9.15 Å². The maximum absolute atomic E-state index is 5.75. The first-order valence-electron chi connectivity index (χ1n) is 6.68. The lowest BCUT2D eigenvalue weighted by molar-refractivity contribution is 0.338.